The van der Waals surface area contributed by atoms with E-state index in [9.17, 15) is 19.8 Å². The van der Waals surface area contributed by atoms with Crippen molar-refractivity contribution in [2.75, 3.05) is 7.11 Å². The number of rotatable bonds is 8. The van der Waals surface area contributed by atoms with Crippen LogP contribution in [0, 0.1) is 0 Å². The van der Waals surface area contributed by atoms with Crippen LogP contribution >= 0.6 is 0 Å². The number of carboxylic acids is 2. The van der Waals surface area contributed by atoms with Crippen LogP contribution in [-0.4, -0.2) is 45.8 Å². The first-order chi connectivity index (χ1) is 12.4. The predicted molar refractivity (Wildman–Crippen MR) is 96.1 cm³/mol. The van der Waals surface area contributed by atoms with Crippen molar-refractivity contribution in [3.63, 3.8) is 0 Å². The summed E-state index contributed by atoms with van der Waals surface area (Å²) in [6.45, 7) is 1.11. The van der Waals surface area contributed by atoms with Gasteiger partial charge in [0.2, 0.25) is 0 Å². The van der Waals surface area contributed by atoms with E-state index in [1.165, 1.54) is 20.0 Å². The summed E-state index contributed by atoms with van der Waals surface area (Å²) in [5, 5.41) is 20.3. The van der Waals surface area contributed by atoms with E-state index in [1.54, 1.807) is 0 Å². The van der Waals surface area contributed by atoms with Crippen molar-refractivity contribution in [1.29, 1.82) is 0 Å². The van der Waals surface area contributed by atoms with Crippen LogP contribution < -0.4 is 10.2 Å². The van der Waals surface area contributed by atoms with Gasteiger partial charge in [-0.1, -0.05) is 0 Å². The van der Waals surface area contributed by atoms with Crippen molar-refractivity contribution in [2.45, 2.75) is 27.8 Å². The van der Waals surface area contributed by atoms with Crippen LogP contribution in [0.4, 0.5) is 0 Å². The second kappa shape index (κ2) is 11.7. The summed E-state index contributed by atoms with van der Waals surface area (Å²) >= 11 is -0.258. The number of hydrogen-bond acceptors (Lipinski definition) is 5. The topological polar surface area (TPSA) is 89.5 Å². The average Bonchev–Trinajstić information content (AvgIpc) is 2.63. The molecule has 0 bridgehead atoms. The molecule has 0 saturated carbocycles. The van der Waals surface area contributed by atoms with Gasteiger partial charge < -0.3 is 24.5 Å². The van der Waals surface area contributed by atoms with Crippen molar-refractivity contribution in [1.82, 2.24) is 0 Å². The molecule has 0 spiro atoms. The Labute approximate surface area is 164 Å². The van der Waals surface area contributed by atoms with Gasteiger partial charge in [0.25, 0.3) is 0 Å². The number of hydrogen-bond donors (Lipinski definition) is 0. The van der Waals surface area contributed by atoms with Crippen LogP contribution in [-0.2, 0) is 23.2 Å². The zero-order chi connectivity index (χ0) is 19.4. The molecule has 2 rings (SSSR count). The van der Waals surface area contributed by atoms with E-state index in [1.807, 2.05) is 0 Å². The fourth-order valence-electron chi connectivity index (χ4n) is 2.05. The number of benzene rings is 2. The molecule has 0 aromatic heterocycles. The maximum absolute atomic E-state index is 10.3. The molecule has 0 fully saturated rings. The fourth-order valence-corrected chi connectivity index (χ4v) is 5.40. The molecule has 0 N–H and O–H groups in total. The number of methoxy groups -OCH3 is 1. The molecule has 136 valence electrons. The Morgan fingerprint density at radius 3 is 1.62 bits per heavy atom. The van der Waals surface area contributed by atoms with Gasteiger partial charge in [-0.2, -0.15) is 0 Å². The molecule has 6 heteroatoms. The molecule has 0 aliphatic carbocycles. The maximum atomic E-state index is 10.3. The molecule has 0 aliphatic heterocycles. The standard InChI is InChI=1S/2C7H7.C6H10O5.Sn/c2*1-7-5-3-2-4-6-7;1-6(11-2,5(9)10)3-4(7)8;/h2*2-6H,1H2;3H2,1-2H3,(H,7,8)(H,9,10);/q;;;+2/p-2. The van der Waals surface area contributed by atoms with Crippen LogP contribution in [0.1, 0.15) is 24.5 Å². The van der Waals surface area contributed by atoms with Gasteiger partial charge in [0.15, 0.2) is 0 Å². The summed E-state index contributed by atoms with van der Waals surface area (Å²) in [4.78, 5) is 20.3. The van der Waals surface area contributed by atoms with Gasteiger partial charge in [0.05, 0.1) is 5.97 Å². The Kier molecular flexibility index (Phi) is 9.98. The van der Waals surface area contributed by atoms with Crippen LogP contribution in [0.5, 0.6) is 0 Å². The molecule has 0 aliphatic rings. The van der Waals surface area contributed by atoms with E-state index in [2.05, 4.69) is 65.4 Å². The third-order valence-corrected chi connectivity index (χ3v) is 7.47. The summed E-state index contributed by atoms with van der Waals surface area (Å²) in [5.74, 6) is -3.05. The van der Waals surface area contributed by atoms with Gasteiger partial charge in [-0.05, 0) is 6.92 Å². The summed E-state index contributed by atoms with van der Waals surface area (Å²) in [6.07, 6.45) is -0.716. The zero-order valence-corrected chi connectivity index (χ0v) is 17.8. The quantitative estimate of drug-likeness (QED) is 0.531. The Morgan fingerprint density at radius 1 is 0.923 bits per heavy atom. The molecule has 5 nitrogen and oxygen atoms in total. The number of carbonyl (C=O) groups is 2. The van der Waals surface area contributed by atoms with Gasteiger partial charge >= 0.3 is 102 Å². The molecule has 0 heterocycles. The second-order valence-electron chi connectivity index (χ2n) is 5.85. The first-order valence-corrected chi connectivity index (χ1v) is 12.2. The molecule has 0 radical (unpaired) electrons. The van der Waals surface area contributed by atoms with Crippen LogP contribution in [0.2, 0.25) is 0 Å². The average molecular weight is 461 g/mol. The third-order valence-electron chi connectivity index (χ3n) is 3.71. The minimum atomic E-state index is -1.79. The van der Waals surface area contributed by atoms with Crippen LogP contribution in [0.25, 0.3) is 0 Å². The van der Waals surface area contributed by atoms with Gasteiger partial charge in [0.1, 0.15) is 5.60 Å². The molecule has 1 atom stereocenters. The Bertz CT molecular complexity index is 636. The fraction of sp³-hybridized carbons (Fsp3) is 0.300. The molecule has 0 saturated heterocycles. The number of carbonyl (C=O) groups excluding carboxylic acids is 2. The van der Waals surface area contributed by atoms with E-state index < -0.39 is 24.0 Å². The first-order valence-electron chi connectivity index (χ1n) is 8.12. The van der Waals surface area contributed by atoms with Gasteiger partial charge in [-0.3, -0.25) is 0 Å². The van der Waals surface area contributed by atoms with Gasteiger partial charge in [0, 0.05) is 19.5 Å². The number of aliphatic carboxylic acids is 2. The minimum absolute atomic E-state index is 0.258. The summed E-state index contributed by atoms with van der Waals surface area (Å²) in [5.41, 5.74) is 1.24. The number of carboxylic acid groups (broad SMARTS) is 2. The van der Waals surface area contributed by atoms with E-state index >= 15 is 0 Å². The van der Waals surface area contributed by atoms with Crippen LogP contribution in [0.15, 0.2) is 60.7 Å². The Morgan fingerprint density at radius 2 is 1.35 bits per heavy atom. The van der Waals surface area contributed by atoms with E-state index in [4.69, 9.17) is 0 Å². The summed E-state index contributed by atoms with van der Waals surface area (Å²) < 4.78 is 7.12. The predicted octanol–water partition coefficient (Wildman–Crippen LogP) is 0.372. The van der Waals surface area contributed by atoms with Crippen molar-refractivity contribution in [2.24, 2.45) is 0 Å². The van der Waals surface area contributed by atoms with Gasteiger partial charge in [-0.15, -0.1) is 0 Å². The van der Waals surface area contributed by atoms with E-state index in [0.29, 0.717) is 0 Å². The van der Waals surface area contributed by atoms with Crippen molar-refractivity contribution < 1.29 is 24.5 Å². The molecule has 0 amide bonds. The normalized spacial score (nSPS) is 12.1. The monoisotopic (exact) mass is 462 g/mol. The first kappa shape index (κ1) is 22.2. The van der Waals surface area contributed by atoms with Gasteiger partial charge in [-0.25, -0.2) is 0 Å². The summed E-state index contributed by atoms with van der Waals surface area (Å²) in [7, 11) is 1.10. The summed E-state index contributed by atoms with van der Waals surface area (Å²) in [6, 6.07) is 21.7. The molecular formula is C20H22O5Sn. The second-order valence-corrected chi connectivity index (χ2v) is 9.29. The molecular weight excluding hydrogens is 439 g/mol. The molecule has 26 heavy (non-hydrogen) atoms. The molecule has 2 aromatic carbocycles. The number of ether oxygens (including phenoxy) is 1. The SMILES string of the molecule is COC(C)(CC(=O)[O-])C(=O)[O-].c1ccc([CH2][Sn+2][CH2]c2ccccc2)cc1. The van der Waals surface area contributed by atoms with E-state index in [-0.39, 0.29) is 21.1 Å². The Hall–Kier alpha value is -1.86. The van der Waals surface area contributed by atoms with Crippen molar-refractivity contribution in [3.05, 3.63) is 71.8 Å². The third kappa shape index (κ3) is 8.49. The molecule has 2 aromatic rings. The Balaban J connectivity index is 0.000000276. The molecule has 1 unspecified atom stereocenters. The van der Waals surface area contributed by atoms with E-state index in [0.717, 1.165) is 14.0 Å². The van der Waals surface area contributed by atoms with Crippen molar-refractivity contribution >= 4 is 33.1 Å². The van der Waals surface area contributed by atoms with Crippen molar-refractivity contribution in [3.8, 4) is 0 Å². The zero-order valence-electron chi connectivity index (χ0n) is 14.9. The van der Waals surface area contributed by atoms with Crippen LogP contribution in [0.3, 0.4) is 0 Å².